The molecule has 0 atom stereocenters. The fourth-order valence-electron chi connectivity index (χ4n) is 1.87. The summed E-state index contributed by atoms with van der Waals surface area (Å²) in [5, 5.41) is 0.633. The van der Waals surface area contributed by atoms with Gasteiger partial charge >= 0.3 is 6.18 Å². The van der Waals surface area contributed by atoms with Crippen LogP contribution < -0.4 is 5.73 Å². The molecule has 0 unspecified atom stereocenters. The van der Waals surface area contributed by atoms with Crippen LogP contribution in [0.3, 0.4) is 0 Å². The van der Waals surface area contributed by atoms with Crippen LogP contribution in [-0.4, -0.2) is 5.54 Å². The molecule has 2 rings (SSSR count). The molecule has 5 heteroatoms. The van der Waals surface area contributed by atoms with E-state index in [1.807, 2.05) is 19.9 Å². The molecule has 0 radical (unpaired) electrons. The van der Waals surface area contributed by atoms with Gasteiger partial charge in [-0.05, 0) is 43.4 Å². The van der Waals surface area contributed by atoms with Crippen molar-refractivity contribution >= 4 is 21.4 Å². The number of nitrogens with two attached hydrogens (primary N) is 1. The molecule has 0 saturated carbocycles. The molecule has 18 heavy (non-hydrogen) atoms. The summed E-state index contributed by atoms with van der Waals surface area (Å²) in [4.78, 5) is -0.554. The second-order valence-corrected chi connectivity index (χ2v) is 6.23. The highest BCUT2D eigenvalue weighted by atomic mass is 32.1. The Morgan fingerprint density at radius 1 is 1.17 bits per heavy atom. The van der Waals surface area contributed by atoms with E-state index in [1.165, 1.54) is 6.07 Å². The third kappa shape index (κ3) is 3.03. The number of alkyl halides is 3. The highest BCUT2D eigenvalue weighted by Gasteiger charge is 2.32. The van der Waals surface area contributed by atoms with Crippen LogP contribution in [0, 0.1) is 0 Å². The van der Waals surface area contributed by atoms with Gasteiger partial charge in [0.2, 0.25) is 0 Å². The van der Waals surface area contributed by atoms with Gasteiger partial charge in [0.25, 0.3) is 0 Å². The van der Waals surface area contributed by atoms with Gasteiger partial charge in [0.15, 0.2) is 0 Å². The van der Waals surface area contributed by atoms with Crippen molar-refractivity contribution in [2.45, 2.75) is 32.0 Å². The molecular weight excluding hydrogens is 259 g/mol. The van der Waals surface area contributed by atoms with E-state index in [1.54, 1.807) is 12.1 Å². The monoisotopic (exact) mass is 273 g/mol. The Bertz CT molecular complexity index is 564. The van der Waals surface area contributed by atoms with Crippen LogP contribution in [0.2, 0.25) is 0 Å². The highest BCUT2D eigenvalue weighted by Crippen LogP contribution is 2.38. The molecule has 0 bridgehead atoms. The van der Waals surface area contributed by atoms with Crippen LogP contribution in [0.5, 0.6) is 0 Å². The Morgan fingerprint density at radius 3 is 2.39 bits per heavy atom. The predicted octanol–water partition coefficient (Wildman–Crippen LogP) is 4.20. The Hall–Kier alpha value is -1.07. The third-order valence-corrected chi connectivity index (χ3v) is 3.68. The van der Waals surface area contributed by atoms with Crippen molar-refractivity contribution < 1.29 is 13.2 Å². The molecule has 1 aromatic carbocycles. The minimum atomic E-state index is -4.27. The van der Waals surface area contributed by atoms with Crippen molar-refractivity contribution in [3.63, 3.8) is 0 Å². The van der Waals surface area contributed by atoms with Gasteiger partial charge < -0.3 is 5.73 Å². The van der Waals surface area contributed by atoms with Gasteiger partial charge in [-0.1, -0.05) is 12.1 Å². The number of hydrogen-bond acceptors (Lipinski definition) is 2. The number of benzene rings is 1. The molecule has 1 aromatic heterocycles. The van der Waals surface area contributed by atoms with Gasteiger partial charge in [-0.3, -0.25) is 0 Å². The number of fused-ring (bicyclic) bond motifs is 1. The number of hydrogen-bond donors (Lipinski definition) is 1. The molecule has 1 nitrogen and oxygen atoms in total. The average molecular weight is 273 g/mol. The Morgan fingerprint density at radius 2 is 1.83 bits per heavy atom. The summed E-state index contributed by atoms with van der Waals surface area (Å²) >= 11 is 0.775. The average Bonchev–Trinajstić information content (AvgIpc) is 2.57. The van der Waals surface area contributed by atoms with Crippen LogP contribution in [0.4, 0.5) is 13.2 Å². The molecule has 1 heterocycles. The molecule has 0 aliphatic rings. The van der Waals surface area contributed by atoms with E-state index in [0.29, 0.717) is 16.5 Å². The minimum absolute atomic E-state index is 0.365. The Kier molecular flexibility index (Phi) is 3.15. The van der Waals surface area contributed by atoms with Crippen molar-refractivity contribution in [2.24, 2.45) is 5.73 Å². The van der Waals surface area contributed by atoms with Gasteiger partial charge in [0, 0.05) is 10.2 Å². The van der Waals surface area contributed by atoms with E-state index in [-0.39, 0.29) is 5.54 Å². The molecule has 0 fully saturated rings. The minimum Gasteiger partial charge on any atom is -0.325 e. The first-order chi connectivity index (χ1) is 8.15. The van der Waals surface area contributed by atoms with Crippen LogP contribution >= 0.6 is 11.3 Å². The van der Waals surface area contributed by atoms with Crippen LogP contribution in [0.25, 0.3) is 10.1 Å². The molecule has 0 amide bonds. The molecular formula is C13H14F3NS. The van der Waals surface area contributed by atoms with Crippen LogP contribution in [0.15, 0.2) is 24.3 Å². The van der Waals surface area contributed by atoms with E-state index in [0.717, 1.165) is 16.9 Å². The van der Waals surface area contributed by atoms with E-state index in [4.69, 9.17) is 5.73 Å². The maximum Gasteiger partial charge on any atom is 0.425 e. The predicted molar refractivity (Wildman–Crippen MR) is 68.8 cm³/mol. The first-order valence-electron chi connectivity index (χ1n) is 5.54. The second kappa shape index (κ2) is 4.24. The van der Waals surface area contributed by atoms with Crippen molar-refractivity contribution in [3.8, 4) is 0 Å². The fraction of sp³-hybridized carbons (Fsp3) is 0.385. The largest absolute Gasteiger partial charge is 0.425 e. The molecule has 0 aliphatic heterocycles. The topological polar surface area (TPSA) is 26.0 Å². The fourth-order valence-corrected chi connectivity index (χ4v) is 2.78. The number of thiophene rings is 1. The lowest BCUT2D eigenvalue weighted by Crippen LogP contribution is -2.34. The quantitative estimate of drug-likeness (QED) is 0.872. The molecule has 0 saturated heterocycles. The molecule has 2 aromatic rings. The summed E-state index contributed by atoms with van der Waals surface area (Å²) in [6.45, 7) is 3.79. The van der Waals surface area contributed by atoms with Crippen molar-refractivity contribution in [1.29, 1.82) is 0 Å². The second-order valence-electron chi connectivity index (χ2n) is 5.15. The lowest BCUT2D eigenvalue weighted by atomic mass is 9.96. The summed E-state index contributed by atoms with van der Waals surface area (Å²) < 4.78 is 38.4. The van der Waals surface area contributed by atoms with Gasteiger partial charge in [-0.2, -0.15) is 13.2 Å². The summed E-state index contributed by atoms with van der Waals surface area (Å²) in [5.41, 5.74) is 6.50. The smallest absolute Gasteiger partial charge is 0.325 e. The summed E-state index contributed by atoms with van der Waals surface area (Å²) in [5.74, 6) is 0. The third-order valence-electron chi connectivity index (χ3n) is 2.52. The van der Waals surface area contributed by atoms with Gasteiger partial charge in [0.1, 0.15) is 4.88 Å². The summed E-state index contributed by atoms with van der Waals surface area (Å²) in [7, 11) is 0. The van der Waals surface area contributed by atoms with Gasteiger partial charge in [-0.15, -0.1) is 11.3 Å². The first-order valence-corrected chi connectivity index (χ1v) is 6.35. The number of halogens is 3. The van der Waals surface area contributed by atoms with E-state index in [2.05, 4.69) is 0 Å². The maximum absolute atomic E-state index is 12.6. The standard InChI is InChI=1S/C13H14F3NS/c1-12(2,17)7-8-3-4-10-9(5-8)6-11(18-10)13(14,15)16/h3-6H,7,17H2,1-2H3. The first kappa shape index (κ1) is 13.4. The maximum atomic E-state index is 12.6. The van der Waals surface area contributed by atoms with Crippen LogP contribution in [-0.2, 0) is 12.6 Å². The summed E-state index contributed by atoms with van der Waals surface area (Å²) in [6, 6.07) is 6.56. The van der Waals surface area contributed by atoms with Crippen molar-refractivity contribution in [3.05, 3.63) is 34.7 Å². The van der Waals surface area contributed by atoms with Crippen molar-refractivity contribution in [2.75, 3.05) is 0 Å². The number of rotatable bonds is 2. The Balaban J connectivity index is 2.40. The molecule has 2 N–H and O–H groups in total. The SMILES string of the molecule is CC(C)(N)Cc1ccc2sc(C(F)(F)F)cc2c1. The van der Waals surface area contributed by atoms with E-state index >= 15 is 0 Å². The zero-order valence-corrected chi connectivity index (χ0v) is 11.0. The lowest BCUT2D eigenvalue weighted by Gasteiger charge is -2.18. The van der Waals surface area contributed by atoms with E-state index < -0.39 is 11.1 Å². The normalized spacial score (nSPS) is 13.2. The van der Waals surface area contributed by atoms with Gasteiger partial charge in [-0.25, -0.2) is 0 Å². The molecule has 0 spiro atoms. The molecule has 0 aliphatic carbocycles. The van der Waals surface area contributed by atoms with Crippen molar-refractivity contribution in [1.82, 2.24) is 0 Å². The zero-order valence-electron chi connectivity index (χ0n) is 10.1. The zero-order chi connectivity index (χ0) is 13.6. The Labute approximate surface area is 107 Å². The van der Waals surface area contributed by atoms with E-state index in [9.17, 15) is 13.2 Å². The van der Waals surface area contributed by atoms with Crippen LogP contribution in [0.1, 0.15) is 24.3 Å². The molecule has 98 valence electrons. The van der Waals surface area contributed by atoms with Gasteiger partial charge in [0.05, 0.1) is 0 Å². The highest BCUT2D eigenvalue weighted by molar-refractivity contribution is 7.19. The lowest BCUT2D eigenvalue weighted by molar-refractivity contribution is -0.134. The summed E-state index contributed by atoms with van der Waals surface area (Å²) in [6.07, 6.45) is -3.63.